The first-order valence-electron chi connectivity index (χ1n) is 3.68. The summed E-state index contributed by atoms with van der Waals surface area (Å²) in [5.74, 6) is 0.718. The van der Waals surface area contributed by atoms with Crippen molar-refractivity contribution in [1.82, 2.24) is 14.4 Å². The van der Waals surface area contributed by atoms with Crippen molar-refractivity contribution in [2.24, 2.45) is 5.11 Å². The second-order valence-corrected chi connectivity index (χ2v) is 2.43. The van der Waals surface area contributed by atoms with Gasteiger partial charge in [0.25, 0.3) is 0 Å². The molecule has 0 amide bonds. The summed E-state index contributed by atoms with van der Waals surface area (Å²) in [6.07, 6.45) is 6.83. The zero-order valence-electron chi connectivity index (χ0n) is 6.70. The van der Waals surface area contributed by atoms with Crippen molar-refractivity contribution >= 4 is 5.52 Å². The lowest BCUT2D eigenvalue weighted by atomic mass is 10.5. The Morgan fingerprint density at radius 3 is 3.31 bits per heavy atom. The second kappa shape index (κ2) is 3.12. The fraction of sp³-hybridized carbons (Fsp3) is 0.143. The summed E-state index contributed by atoms with van der Waals surface area (Å²) in [7, 11) is 0. The van der Waals surface area contributed by atoms with Gasteiger partial charge in [-0.05, 0) is 5.53 Å². The number of hydrogen-bond acceptors (Lipinski definition) is 3. The third-order valence-electron chi connectivity index (χ3n) is 1.69. The standard InChI is InChI=1S/C7H6N6/c8-12-11-5-7-10-4-6-3-9-1-2-13(6)7/h1-4H,5H2. The molecule has 0 aliphatic rings. The minimum atomic E-state index is 0.259. The lowest BCUT2D eigenvalue weighted by Gasteiger charge is -1.94. The quantitative estimate of drug-likeness (QED) is 0.393. The van der Waals surface area contributed by atoms with Crippen LogP contribution in [0.4, 0.5) is 0 Å². The fourth-order valence-corrected chi connectivity index (χ4v) is 1.12. The number of hydrogen-bond donors (Lipinski definition) is 0. The van der Waals surface area contributed by atoms with Gasteiger partial charge in [-0.3, -0.25) is 4.98 Å². The van der Waals surface area contributed by atoms with Crippen molar-refractivity contribution in [3.8, 4) is 0 Å². The Morgan fingerprint density at radius 2 is 2.46 bits per heavy atom. The molecule has 2 heterocycles. The van der Waals surface area contributed by atoms with E-state index in [1.54, 1.807) is 24.8 Å². The molecule has 13 heavy (non-hydrogen) atoms. The van der Waals surface area contributed by atoms with Gasteiger partial charge in [0.1, 0.15) is 5.82 Å². The minimum absolute atomic E-state index is 0.259. The predicted octanol–water partition coefficient (Wildman–Crippen LogP) is 1.54. The lowest BCUT2D eigenvalue weighted by molar-refractivity contribution is 0.890. The molecule has 0 bridgehead atoms. The van der Waals surface area contributed by atoms with Gasteiger partial charge in [-0.25, -0.2) is 4.98 Å². The third kappa shape index (κ3) is 1.30. The van der Waals surface area contributed by atoms with E-state index in [9.17, 15) is 0 Å². The van der Waals surface area contributed by atoms with Crippen LogP contribution in [0, 0.1) is 0 Å². The SMILES string of the molecule is [N-]=[N+]=NCc1ncc2cnccn12. The molecule has 0 spiro atoms. The summed E-state index contributed by atoms with van der Waals surface area (Å²) in [6.45, 7) is 0.259. The van der Waals surface area contributed by atoms with Crippen LogP contribution >= 0.6 is 0 Å². The number of fused-ring (bicyclic) bond motifs is 1. The van der Waals surface area contributed by atoms with Gasteiger partial charge in [-0.1, -0.05) is 5.11 Å². The maximum absolute atomic E-state index is 8.15. The lowest BCUT2D eigenvalue weighted by Crippen LogP contribution is -1.91. The number of nitrogens with zero attached hydrogens (tertiary/aromatic N) is 6. The molecule has 2 rings (SSSR count). The first-order chi connectivity index (χ1) is 6.42. The average molecular weight is 174 g/mol. The summed E-state index contributed by atoms with van der Waals surface area (Å²) in [5.41, 5.74) is 9.04. The van der Waals surface area contributed by atoms with E-state index in [1.807, 2.05) is 4.40 Å². The van der Waals surface area contributed by atoms with Gasteiger partial charge in [0.2, 0.25) is 0 Å². The van der Waals surface area contributed by atoms with Crippen LogP contribution in [-0.4, -0.2) is 14.4 Å². The maximum Gasteiger partial charge on any atom is 0.119 e. The number of rotatable bonds is 2. The van der Waals surface area contributed by atoms with Crippen LogP contribution in [-0.2, 0) is 6.54 Å². The molecule has 64 valence electrons. The highest BCUT2D eigenvalue weighted by molar-refractivity contribution is 5.42. The molecule has 0 unspecified atom stereocenters. The smallest absolute Gasteiger partial charge is 0.119 e. The van der Waals surface area contributed by atoms with Gasteiger partial charge in [0.15, 0.2) is 0 Å². The van der Waals surface area contributed by atoms with Crippen molar-refractivity contribution in [3.63, 3.8) is 0 Å². The molecule has 0 atom stereocenters. The Hall–Kier alpha value is -2.07. The highest BCUT2D eigenvalue weighted by Crippen LogP contribution is 2.05. The van der Waals surface area contributed by atoms with Gasteiger partial charge in [0.05, 0.1) is 24.5 Å². The molecule has 6 nitrogen and oxygen atoms in total. The molecule has 0 aromatic carbocycles. The highest BCUT2D eigenvalue weighted by atomic mass is 15.2. The van der Waals surface area contributed by atoms with E-state index < -0.39 is 0 Å². The zero-order chi connectivity index (χ0) is 9.10. The van der Waals surface area contributed by atoms with E-state index in [1.165, 1.54) is 0 Å². The minimum Gasteiger partial charge on any atom is -0.301 e. The van der Waals surface area contributed by atoms with E-state index in [0.717, 1.165) is 11.3 Å². The van der Waals surface area contributed by atoms with Crippen LogP contribution in [0.5, 0.6) is 0 Å². The van der Waals surface area contributed by atoms with E-state index in [4.69, 9.17) is 5.53 Å². The molecule has 0 fully saturated rings. The van der Waals surface area contributed by atoms with Crippen LogP contribution in [0.25, 0.3) is 16.0 Å². The van der Waals surface area contributed by atoms with Gasteiger partial charge in [-0.15, -0.1) is 0 Å². The van der Waals surface area contributed by atoms with Crippen molar-refractivity contribution < 1.29 is 0 Å². The molecule has 0 saturated carbocycles. The fourth-order valence-electron chi connectivity index (χ4n) is 1.12. The first kappa shape index (κ1) is 7.57. The van der Waals surface area contributed by atoms with Crippen molar-refractivity contribution in [3.05, 3.63) is 41.1 Å². The van der Waals surface area contributed by atoms with Gasteiger partial charge < -0.3 is 4.40 Å². The van der Waals surface area contributed by atoms with Crippen molar-refractivity contribution in [1.29, 1.82) is 0 Å². The molecule has 0 aliphatic carbocycles. The van der Waals surface area contributed by atoms with E-state index >= 15 is 0 Å². The second-order valence-electron chi connectivity index (χ2n) is 2.43. The number of imidazole rings is 1. The Kier molecular flexibility index (Phi) is 1.82. The highest BCUT2D eigenvalue weighted by Gasteiger charge is 1.99. The van der Waals surface area contributed by atoms with Crippen molar-refractivity contribution in [2.45, 2.75) is 6.54 Å². The molecule has 0 N–H and O–H groups in total. The van der Waals surface area contributed by atoms with Crippen LogP contribution in [0.2, 0.25) is 0 Å². The molecule has 0 radical (unpaired) electrons. The van der Waals surface area contributed by atoms with Crippen molar-refractivity contribution in [2.75, 3.05) is 0 Å². The van der Waals surface area contributed by atoms with E-state index in [-0.39, 0.29) is 6.54 Å². The summed E-state index contributed by atoms with van der Waals surface area (Å²) in [6, 6.07) is 0. The Morgan fingerprint density at radius 1 is 1.54 bits per heavy atom. The van der Waals surface area contributed by atoms with Gasteiger partial charge in [0, 0.05) is 17.3 Å². The monoisotopic (exact) mass is 174 g/mol. The normalized spacial score (nSPS) is 9.85. The largest absolute Gasteiger partial charge is 0.301 e. The molecular weight excluding hydrogens is 168 g/mol. The van der Waals surface area contributed by atoms with Gasteiger partial charge in [-0.2, -0.15) is 0 Å². The molecule has 0 saturated heterocycles. The van der Waals surface area contributed by atoms with E-state index in [2.05, 4.69) is 20.0 Å². The molecular formula is C7H6N6. The molecule has 6 heteroatoms. The Labute approximate surface area is 73.5 Å². The first-order valence-corrected chi connectivity index (χ1v) is 3.68. The van der Waals surface area contributed by atoms with E-state index in [0.29, 0.717) is 0 Å². The summed E-state index contributed by atoms with van der Waals surface area (Å²) >= 11 is 0. The van der Waals surface area contributed by atoms with Crippen LogP contribution < -0.4 is 0 Å². The molecule has 0 aliphatic heterocycles. The number of aromatic nitrogens is 3. The Balaban J connectivity index is 2.51. The topological polar surface area (TPSA) is 79.0 Å². The van der Waals surface area contributed by atoms with Crippen LogP contribution in [0.15, 0.2) is 29.9 Å². The third-order valence-corrected chi connectivity index (χ3v) is 1.69. The summed E-state index contributed by atoms with van der Waals surface area (Å²) in [4.78, 5) is 10.7. The number of azide groups is 1. The zero-order valence-corrected chi connectivity index (χ0v) is 6.70. The predicted molar refractivity (Wildman–Crippen MR) is 45.8 cm³/mol. The molecule has 2 aromatic rings. The maximum atomic E-state index is 8.15. The molecule has 2 aromatic heterocycles. The summed E-state index contributed by atoms with van der Waals surface area (Å²) < 4.78 is 1.84. The average Bonchev–Trinajstić information content (AvgIpc) is 2.58. The van der Waals surface area contributed by atoms with Gasteiger partial charge >= 0.3 is 0 Å². The Bertz CT molecular complexity index is 467. The van der Waals surface area contributed by atoms with Crippen LogP contribution in [0.3, 0.4) is 0 Å². The van der Waals surface area contributed by atoms with Crippen LogP contribution in [0.1, 0.15) is 5.82 Å². The summed E-state index contributed by atoms with van der Waals surface area (Å²) in [5, 5.41) is 3.44.